The third-order valence-corrected chi connectivity index (χ3v) is 4.38. The summed E-state index contributed by atoms with van der Waals surface area (Å²) < 4.78 is 3.64. The van der Waals surface area contributed by atoms with E-state index >= 15 is 0 Å². The van der Waals surface area contributed by atoms with Crippen molar-refractivity contribution >= 4 is 12.0 Å². The van der Waals surface area contributed by atoms with Gasteiger partial charge in [0, 0.05) is 43.3 Å². The Kier molecular flexibility index (Phi) is 5.31. The number of hydrogen-bond donors (Lipinski definition) is 1. The van der Waals surface area contributed by atoms with Crippen molar-refractivity contribution in [1.29, 1.82) is 0 Å². The first-order chi connectivity index (χ1) is 12.5. The van der Waals surface area contributed by atoms with Crippen LogP contribution in [0.1, 0.15) is 22.5 Å². The molecule has 0 aliphatic rings. The zero-order valence-electron chi connectivity index (χ0n) is 15.3. The van der Waals surface area contributed by atoms with Crippen LogP contribution in [0.2, 0.25) is 0 Å². The van der Waals surface area contributed by atoms with Gasteiger partial charge in [-0.15, -0.1) is 0 Å². The van der Waals surface area contributed by atoms with Crippen LogP contribution < -0.4 is 5.32 Å². The Labute approximate surface area is 153 Å². The molecule has 1 aromatic carbocycles. The maximum atomic E-state index is 12.0. The van der Waals surface area contributed by atoms with Crippen LogP contribution in [-0.2, 0) is 18.3 Å². The second-order valence-corrected chi connectivity index (χ2v) is 6.20. The molecular formula is C20H23N5O. The van der Waals surface area contributed by atoms with Crippen LogP contribution >= 0.6 is 0 Å². The van der Waals surface area contributed by atoms with Crippen molar-refractivity contribution in [3.8, 4) is 5.69 Å². The Morgan fingerprint density at radius 2 is 2.00 bits per heavy atom. The quantitative estimate of drug-likeness (QED) is 0.696. The second-order valence-electron chi connectivity index (χ2n) is 6.20. The van der Waals surface area contributed by atoms with Crippen LogP contribution in [0.3, 0.4) is 0 Å². The summed E-state index contributed by atoms with van der Waals surface area (Å²) in [6, 6.07) is 10.1. The Hall–Kier alpha value is -3.15. The third kappa shape index (κ3) is 4.08. The van der Waals surface area contributed by atoms with Crippen LogP contribution in [0, 0.1) is 13.8 Å². The third-order valence-electron chi connectivity index (χ3n) is 4.38. The molecule has 134 valence electrons. The topological polar surface area (TPSA) is 64.7 Å². The second kappa shape index (κ2) is 7.82. The van der Waals surface area contributed by atoms with Gasteiger partial charge in [0.1, 0.15) is 0 Å². The highest BCUT2D eigenvalue weighted by Crippen LogP contribution is 2.13. The maximum absolute atomic E-state index is 12.0. The Balaban J connectivity index is 1.50. The fourth-order valence-corrected chi connectivity index (χ4v) is 2.82. The molecule has 0 fully saturated rings. The van der Waals surface area contributed by atoms with Crippen LogP contribution in [0.15, 0.2) is 48.8 Å². The molecule has 0 spiro atoms. The van der Waals surface area contributed by atoms with E-state index in [2.05, 4.69) is 27.6 Å². The smallest absolute Gasteiger partial charge is 0.244 e. The van der Waals surface area contributed by atoms with Gasteiger partial charge in [0.2, 0.25) is 5.91 Å². The molecule has 0 bridgehead atoms. The molecule has 0 atom stereocenters. The summed E-state index contributed by atoms with van der Waals surface area (Å²) in [6.07, 6.45) is 7.84. The molecular weight excluding hydrogens is 326 g/mol. The van der Waals surface area contributed by atoms with Crippen molar-refractivity contribution in [2.75, 3.05) is 6.54 Å². The molecule has 3 rings (SSSR count). The minimum absolute atomic E-state index is 0.0965. The zero-order chi connectivity index (χ0) is 18.5. The van der Waals surface area contributed by atoms with E-state index in [0.717, 1.165) is 29.1 Å². The highest BCUT2D eigenvalue weighted by atomic mass is 16.1. The zero-order valence-corrected chi connectivity index (χ0v) is 15.3. The lowest BCUT2D eigenvalue weighted by atomic mass is 10.1. The van der Waals surface area contributed by atoms with E-state index in [1.807, 2.05) is 60.7 Å². The van der Waals surface area contributed by atoms with Gasteiger partial charge in [-0.05, 0) is 50.1 Å². The molecule has 0 saturated carbocycles. The fraction of sp³-hybridized carbons (Fsp3) is 0.250. The van der Waals surface area contributed by atoms with Gasteiger partial charge in [-0.1, -0.05) is 12.1 Å². The monoisotopic (exact) mass is 349 g/mol. The number of rotatable bonds is 6. The molecule has 6 heteroatoms. The molecule has 26 heavy (non-hydrogen) atoms. The number of carbonyl (C=O) groups excluding carboxylic acids is 1. The van der Waals surface area contributed by atoms with E-state index in [4.69, 9.17) is 0 Å². The van der Waals surface area contributed by atoms with Gasteiger partial charge in [-0.2, -0.15) is 10.2 Å². The van der Waals surface area contributed by atoms with Gasteiger partial charge in [-0.3, -0.25) is 9.48 Å². The van der Waals surface area contributed by atoms with Gasteiger partial charge in [0.05, 0.1) is 11.4 Å². The van der Waals surface area contributed by atoms with Crippen LogP contribution in [0.5, 0.6) is 0 Å². The SMILES string of the molecule is Cc1nn(C)c(C)c1/C=C/C(=O)NCCc1ccc(-n2cccn2)cc1. The van der Waals surface area contributed by atoms with Crippen molar-refractivity contribution in [2.24, 2.45) is 7.05 Å². The summed E-state index contributed by atoms with van der Waals surface area (Å²) in [5.74, 6) is -0.0965. The number of nitrogens with zero attached hydrogens (tertiary/aromatic N) is 4. The molecule has 1 amide bonds. The van der Waals surface area contributed by atoms with E-state index in [1.165, 1.54) is 5.56 Å². The van der Waals surface area contributed by atoms with E-state index in [1.54, 1.807) is 12.3 Å². The number of aromatic nitrogens is 4. The normalized spacial score (nSPS) is 11.2. The predicted molar refractivity (Wildman–Crippen MR) is 102 cm³/mol. The number of carbonyl (C=O) groups is 1. The number of hydrogen-bond acceptors (Lipinski definition) is 3. The Bertz CT molecular complexity index is 905. The van der Waals surface area contributed by atoms with E-state index in [9.17, 15) is 4.79 Å². The molecule has 2 heterocycles. The molecule has 3 aromatic rings. The minimum atomic E-state index is -0.0965. The fourth-order valence-electron chi connectivity index (χ4n) is 2.82. The molecule has 0 saturated heterocycles. The number of nitrogens with one attached hydrogen (secondary N) is 1. The van der Waals surface area contributed by atoms with Gasteiger partial charge in [0.25, 0.3) is 0 Å². The number of benzene rings is 1. The highest BCUT2D eigenvalue weighted by molar-refractivity contribution is 5.92. The summed E-state index contributed by atoms with van der Waals surface area (Å²) in [5.41, 5.74) is 5.16. The molecule has 6 nitrogen and oxygen atoms in total. The maximum Gasteiger partial charge on any atom is 0.244 e. The van der Waals surface area contributed by atoms with Crippen molar-refractivity contribution in [1.82, 2.24) is 24.9 Å². The lowest BCUT2D eigenvalue weighted by molar-refractivity contribution is -0.116. The summed E-state index contributed by atoms with van der Waals surface area (Å²) in [4.78, 5) is 12.0. The summed E-state index contributed by atoms with van der Waals surface area (Å²) >= 11 is 0. The first kappa shape index (κ1) is 17.7. The largest absolute Gasteiger partial charge is 0.352 e. The minimum Gasteiger partial charge on any atom is -0.352 e. The predicted octanol–water partition coefficient (Wildman–Crippen LogP) is 2.59. The first-order valence-electron chi connectivity index (χ1n) is 8.59. The standard InChI is InChI=1S/C20H23N5O/c1-15-19(16(2)24(3)23-15)9-10-20(26)21-13-11-17-5-7-18(8-6-17)25-14-4-12-22-25/h4-10,12,14H,11,13H2,1-3H3,(H,21,26)/b10-9+. The molecule has 0 aliphatic carbocycles. The molecule has 0 radical (unpaired) electrons. The Morgan fingerprint density at radius 3 is 2.62 bits per heavy atom. The summed E-state index contributed by atoms with van der Waals surface area (Å²) in [6.45, 7) is 4.53. The summed E-state index contributed by atoms with van der Waals surface area (Å²) in [7, 11) is 1.90. The lowest BCUT2D eigenvalue weighted by Gasteiger charge is -2.05. The van der Waals surface area contributed by atoms with E-state index in [0.29, 0.717) is 6.54 Å². The van der Waals surface area contributed by atoms with Gasteiger partial charge in [0.15, 0.2) is 0 Å². The van der Waals surface area contributed by atoms with Crippen molar-refractivity contribution in [3.05, 3.63) is 71.3 Å². The van der Waals surface area contributed by atoms with Gasteiger partial charge < -0.3 is 5.32 Å². The molecule has 2 aromatic heterocycles. The molecule has 1 N–H and O–H groups in total. The van der Waals surface area contributed by atoms with Crippen molar-refractivity contribution in [2.45, 2.75) is 20.3 Å². The molecule has 0 unspecified atom stereocenters. The van der Waals surface area contributed by atoms with E-state index < -0.39 is 0 Å². The number of aryl methyl sites for hydroxylation is 2. The molecule has 0 aliphatic heterocycles. The average Bonchev–Trinajstić information content (AvgIpc) is 3.24. The van der Waals surface area contributed by atoms with Crippen LogP contribution in [0.4, 0.5) is 0 Å². The number of amides is 1. The van der Waals surface area contributed by atoms with Crippen molar-refractivity contribution < 1.29 is 4.79 Å². The Morgan fingerprint density at radius 1 is 1.23 bits per heavy atom. The van der Waals surface area contributed by atoms with Crippen LogP contribution in [0.25, 0.3) is 11.8 Å². The first-order valence-corrected chi connectivity index (χ1v) is 8.59. The average molecular weight is 349 g/mol. The van der Waals surface area contributed by atoms with Gasteiger partial charge in [-0.25, -0.2) is 4.68 Å². The highest BCUT2D eigenvalue weighted by Gasteiger charge is 2.06. The lowest BCUT2D eigenvalue weighted by Crippen LogP contribution is -2.23. The van der Waals surface area contributed by atoms with E-state index in [-0.39, 0.29) is 5.91 Å². The van der Waals surface area contributed by atoms with Crippen molar-refractivity contribution in [3.63, 3.8) is 0 Å². The van der Waals surface area contributed by atoms with Crippen LogP contribution in [-0.4, -0.2) is 32.0 Å². The summed E-state index contributed by atoms with van der Waals surface area (Å²) in [5, 5.41) is 11.5. The van der Waals surface area contributed by atoms with Gasteiger partial charge >= 0.3 is 0 Å².